The first-order chi connectivity index (χ1) is 14.7. The Bertz CT molecular complexity index is 821. The van der Waals surface area contributed by atoms with E-state index in [2.05, 4.69) is 22.3 Å². The van der Waals surface area contributed by atoms with E-state index >= 15 is 0 Å². The molecule has 2 aliphatic rings. The topological polar surface area (TPSA) is 61.9 Å². The molecule has 2 fully saturated rings. The smallest absolute Gasteiger partial charge is 0.263 e. The Balaban J connectivity index is 1.37. The molecule has 2 amide bonds. The Morgan fingerprint density at radius 1 is 1.10 bits per heavy atom. The summed E-state index contributed by atoms with van der Waals surface area (Å²) in [6.45, 7) is 4.96. The summed E-state index contributed by atoms with van der Waals surface area (Å²) >= 11 is 1.45. The molecule has 2 aromatic rings. The van der Waals surface area contributed by atoms with Crippen LogP contribution in [-0.2, 0) is 9.53 Å². The van der Waals surface area contributed by atoms with Crippen molar-refractivity contribution in [3.05, 3.63) is 58.3 Å². The standard InChI is InChI=1S/C23H29N3O3S/c27-22(19-8-4-10-26(17-19)23(28)21-9-5-15-30-21)24-16-20(18-6-2-1-3-7-18)25-11-13-29-14-12-25/h1-3,5-7,9,15,19-20H,4,8,10-14,16-17H2,(H,24,27). The number of rotatable bonds is 6. The molecule has 4 rings (SSSR count). The number of ether oxygens (including phenoxy) is 1. The van der Waals surface area contributed by atoms with Crippen molar-refractivity contribution in [1.82, 2.24) is 15.1 Å². The van der Waals surface area contributed by atoms with Crippen LogP contribution in [0.2, 0.25) is 0 Å². The fourth-order valence-electron chi connectivity index (χ4n) is 4.30. The molecule has 1 aromatic heterocycles. The van der Waals surface area contributed by atoms with Gasteiger partial charge in [-0.25, -0.2) is 0 Å². The predicted octanol–water partition coefficient (Wildman–Crippen LogP) is 2.79. The van der Waals surface area contributed by atoms with Gasteiger partial charge in [-0.15, -0.1) is 11.3 Å². The number of benzene rings is 1. The number of nitrogens with one attached hydrogen (secondary N) is 1. The Kier molecular flexibility index (Phi) is 7.15. The minimum atomic E-state index is -0.149. The summed E-state index contributed by atoms with van der Waals surface area (Å²) in [6.07, 6.45) is 1.69. The molecule has 0 spiro atoms. The zero-order chi connectivity index (χ0) is 20.8. The van der Waals surface area contributed by atoms with E-state index in [1.54, 1.807) is 0 Å². The normalized spacial score (nSPS) is 21.2. The number of thiophene rings is 1. The SMILES string of the molecule is O=C(NCC(c1ccccc1)N1CCOCC1)C1CCCN(C(=O)c2cccs2)C1. The van der Waals surface area contributed by atoms with Gasteiger partial charge < -0.3 is 15.0 Å². The molecule has 7 heteroatoms. The van der Waals surface area contributed by atoms with Crippen molar-refractivity contribution in [3.63, 3.8) is 0 Å². The van der Waals surface area contributed by atoms with Gasteiger partial charge in [0.25, 0.3) is 5.91 Å². The molecule has 2 saturated heterocycles. The zero-order valence-electron chi connectivity index (χ0n) is 17.2. The molecule has 160 valence electrons. The first kappa shape index (κ1) is 21.0. The fourth-order valence-corrected chi connectivity index (χ4v) is 4.99. The van der Waals surface area contributed by atoms with Crippen molar-refractivity contribution in [2.24, 2.45) is 5.92 Å². The molecular formula is C23H29N3O3S. The van der Waals surface area contributed by atoms with Gasteiger partial charge in [0.2, 0.25) is 5.91 Å². The first-order valence-corrected chi connectivity index (χ1v) is 11.6. The number of carbonyl (C=O) groups excluding carboxylic acids is 2. The number of hydrogen-bond acceptors (Lipinski definition) is 5. The van der Waals surface area contributed by atoms with Gasteiger partial charge in [-0.05, 0) is 29.9 Å². The summed E-state index contributed by atoms with van der Waals surface area (Å²) < 4.78 is 5.51. The van der Waals surface area contributed by atoms with Crippen LogP contribution in [0.4, 0.5) is 0 Å². The van der Waals surface area contributed by atoms with Crippen LogP contribution in [0.15, 0.2) is 47.8 Å². The van der Waals surface area contributed by atoms with Crippen molar-refractivity contribution in [2.75, 3.05) is 45.9 Å². The lowest BCUT2D eigenvalue weighted by molar-refractivity contribution is -0.126. The van der Waals surface area contributed by atoms with Gasteiger partial charge in [0.05, 0.1) is 30.1 Å². The maximum atomic E-state index is 13.0. The number of likely N-dealkylation sites (tertiary alicyclic amines) is 1. The van der Waals surface area contributed by atoms with E-state index in [0.29, 0.717) is 13.1 Å². The molecule has 1 aromatic carbocycles. The molecule has 0 bridgehead atoms. The molecule has 30 heavy (non-hydrogen) atoms. The van der Waals surface area contributed by atoms with Crippen LogP contribution in [0.5, 0.6) is 0 Å². The van der Waals surface area contributed by atoms with E-state index in [1.165, 1.54) is 16.9 Å². The molecule has 2 atom stereocenters. The number of carbonyl (C=O) groups is 2. The molecule has 2 aliphatic heterocycles. The summed E-state index contributed by atoms with van der Waals surface area (Å²) in [6, 6.07) is 14.2. The maximum absolute atomic E-state index is 13.0. The van der Waals surface area contributed by atoms with Gasteiger partial charge in [0, 0.05) is 32.7 Å². The van der Waals surface area contributed by atoms with E-state index in [0.717, 1.165) is 50.6 Å². The highest BCUT2D eigenvalue weighted by Gasteiger charge is 2.30. The molecule has 0 aliphatic carbocycles. The van der Waals surface area contributed by atoms with E-state index in [1.807, 2.05) is 40.6 Å². The third kappa shape index (κ3) is 5.09. The quantitative estimate of drug-likeness (QED) is 0.770. The van der Waals surface area contributed by atoms with Crippen LogP contribution in [0.25, 0.3) is 0 Å². The summed E-state index contributed by atoms with van der Waals surface area (Å²) in [5.41, 5.74) is 1.21. The lowest BCUT2D eigenvalue weighted by Crippen LogP contribution is -2.48. The van der Waals surface area contributed by atoms with Crippen molar-refractivity contribution in [3.8, 4) is 0 Å². The summed E-state index contributed by atoms with van der Waals surface area (Å²) in [5, 5.41) is 5.10. The van der Waals surface area contributed by atoms with Crippen molar-refractivity contribution < 1.29 is 14.3 Å². The summed E-state index contributed by atoms with van der Waals surface area (Å²) in [5.74, 6) is -0.0605. The van der Waals surface area contributed by atoms with E-state index in [-0.39, 0.29) is 23.8 Å². The number of nitrogens with zero attached hydrogens (tertiary/aromatic N) is 2. The molecule has 6 nitrogen and oxygen atoms in total. The van der Waals surface area contributed by atoms with Crippen LogP contribution in [-0.4, -0.2) is 67.6 Å². The zero-order valence-corrected chi connectivity index (χ0v) is 18.0. The highest BCUT2D eigenvalue weighted by molar-refractivity contribution is 7.12. The van der Waals surface area contributed by atoms with Crippen LogP contribution in [0.1, 0.15) is 34.1 Å². The third-order valence-electron chi connectivity index (χ3n) is 5.95. The second-order valence-corrected chi connectivity index (χ2v) is 8.84. The third-order valence-corrected chi connectivity index (χ3v) is 6.81. The second-order valence-electron chi connectivity index (χ2n) is 7.89. The lowest BCUT2D eigenvalue weighted by atomic mass is 9.96. The number of amides is 2. The van der Waals surface area contributed by atoms with E-state index in [4.69, 9.17) is 4.74 Å². The minimum Gasteiger partial charge on any atom is -0.379 e. The molecule has 0 radical (unpaired) electrons. The van der Waals surface area contributed by atoms with Gasteiger partial charge >= 0.3 is 0 Å². The lowest BCUT2D eigenvalue weighted by Gasteiger charge is -2.36. The summed E-state index contributed by atoms with van der Waals surface area (Å²) in [7, 11) is 0. The van der Waals surface area contributed by atoms with E-state index in [9.17, 15) is 9.59 Å². The molecule has 1 N–H and O–H groups in total. The largest absolute Gasteiger partial charge is 0.379 e. The molecule has 2 unspecified atom stereocenters. The van der Waals surface area contributed by atoms with E-state index < -0.39 is 0 Å². The average molecular weight is 428 g/mol. The van der Waals surface area contributed by atoms with Crippen LogP contribution in [0, 0.1) is 5.92 Å². The number of morpholine rings is 1. The highest BCUT2D eigenvalue weighted by Crippen LogP contribution is 2.23. The van der Waals surface area contributed by atoms with Gasteiger partial charge in [-0.1, -0.05) is 36.4 Å². The molecular weight excluding hydrogens is 398 g/mol. The molecule has 0 saturated carbocycles. The van der Waals surface area contributed by atoms with Gasteiger partial charge in [-0.3, -0.25) is 14.5 Å². The Hall–Kier alpha value is -2.22. The maximum Gasteiger partial charge on any atom is 0.263 e. The van der Waals surface area contributed by atoms with Crippen molar-refractivity contribution >= 4 is 23.2 Å². The number of piperidine rings is 1. The second kappa shape index (κ2) is 10.2. The number of hydrogen-bond donors (Lipinski definition) is 1. The van der Waals surface area contributed by atoms with Gasteiger partial charge in [-0.2, -0.15) is 0 Å². The highest BCUT2D eigenvalue weighted by atomic mass is 32.1. The first-order valence-electron chi connectivity index (χ1n) is 10.7. The van der Waals surface area contributed by atoms with Crippen LogP contribution < -0.4 is 5.32 Å². The van der Waals surface area contributed by atoms with Gasteiger partial charge in [0.15, 0.2) is 0 Å². The van der Waals surface area contributed by atoms with Crippen molar-refractivity contribution in [2.45, 2.75) is 18.9 Å². The Morgan fingerprint density at radius 3 is 2.63 bits per heavy atom. The fraction of sp³-hybridized carbons (Fsp3) is 0.478. The monoisotopic (exact) mass is 427 g/mol. The predicted molar refractivity (Wildman–Crippen MR) is 118 cm³/mol. The van der Waals surface area contributed by atoms with Gasteiger partial charge in [0.1, 0.15) is 0 Å². The summed E-state index contributed by atoms with van der Waals surface area (Å²) in [4.78, 5) is 30.6. The Morgan fingerprint density at radius 2 is 1.90 bits per heavy atom. The molecule has 3 heterocycles. The average Bonchev–Trinajstić information content (AvgIpc) is 3.35. The Labute approximate surface area is 181 Å². The van der Waals surface area contributed by atoms with Crippen LogP contribution in [0.3, 0.4) is 0 Å². The minimum absolute atomic E-state index is 0.0398. The van der Waals surface area contributed by atoms with Crippen LogP contribution >= 0.6 is 11.3 Å². The van der Waals surface area contributed by atoms with Crippen molar-refractivity contribution in [1.29, 1.82) is 0 Å².